The van der Waals surface area contributed by atoms with Crippen molar-refractivity contribution in [1.29, 1.82) is 0 Å². The zero-order valence-electron chi connectivity index (χ0n) is 14.3. The van der Waals surface area contributed by atoms with Crippen molar-refractivity contribution in [3.8, 4) is 0 Å². The van der Waals surface area contributed by atoms with Gasteiger partial charge in [-0.15, -0.1) is 0 Å². The van der Waals surface area contributed by atoms with Crippen LogP contribution in [0.1, 0.15) is 0 Å². The summed E-state index contributed by atoms with van der Waals surface area (Å²) < 4.78 is 32.2. The van der Waals surface area contributed by atoms with Crippen LogP contribution in [-0.2, 0) is 31.2 Å². The van der Waals surface area contributed by atoms with E-state index in [9.17, 15) is 18.0 Å². The van der Waals surface area contributed by atoms with Gasteiger partial charge in [-0.3, -0.25) is 9.59 Å². The zero-order valence-corrected chi connectivity index (χ0v) is 15.9. The fourth-order valence-corrected chi connectivity index (χ4v) is 4.80. The summed E-state index contributed by atoms with van der Waals surface area (Å²) in [5, 5.41) is 0. The normalized spacial score (nSPS) is 16.2. The van der Waals surface area contributed by atoms with Crippen LogP contribution < -0.4 is 4.80 Å². The number of amides is 2. The van der Waals surface area contributed by atoms with Crippen LogP contribution in [0.15, 0.2) is 29.3 Å². The number of carbonyl (C=O) groups excluding carboxylic acids is 2. The van der Waals surface area contributed by atoms with Crippen molar-refractivity contribution >= 4 is 43.2 Å². The molecule has 0 atom stereocenters. The molecule has 2 heterocycles. The highest BCUT2D eigenvalue weighted by Crippen LogP contribution is 2.15. The van der Waals surface area contributed by atoms with Gasteiger partial charge in [0.2, 0.25) is 5.91 Å². The van der Waals surface area contributed by atoms with Gasteiger partial charge in [-0.05, 0) is 12.1 Å². The Hall–Kier alpha value is -2.04. The standard InChI is InChI=1S/C16H19N3O5S2/c1-18-12-4-2-3-5-13(12)25-16(18)17-14(20)10-26(22,23)11-15(21)19-6-8-24-9-7-19/h2-5H,6-11H2,1H3. The van der Waals surface area contributed by atoms with Gasteiger partial charge in [0.25, 0.3) is 5.91 Å². The molecule has 0 aliphatic carbocycles. The average molecular weight is 397 g/mol. The maximum Gasteiger partial charge on any atom is 0.263 e. The first-order chi connectivity index (χ1) is 12.4. The van der Waals surface area contributed by atoms with Crippen molar-refractivity contribution in [3.05, 3.63) is 29.1 Å². The minimum Gasteiger partial charge on any atom is -0.378 e. The highest BCUT2D eigenvalue weighted by atomic mass is 32.2. The summed E-state index contributed by atoms with van der Waals surface area (Å²) in [6.07, 6.45) is 0. The Morgan fingerprint density at radius 2 is 1.88 bits per heavy atom. The van der Waals surface area contributed by atoms with Crippen LogP contribution in [0, 0.1) is 0 Å². The molecular formula is C16H19N3O5S2. The van der Waals surface area contributed by atoms with E-state index in [0.717, 1.165) is 10.2 Å². The predicted molar refractivity (Wildman–Crippen MR) is 97.4 cm³/mol. The van der Waals surface area contributed by atoms with E-state index in [1.54, 1.807) is 11.6 Å². The molecule has 2 aromatic rings. The number of sulfone groups is 1. The highest BCUT2D eigenvalue weighted by Gasteiger charge is 2.25. The van der Waals surface area contributed by atoms with Gasteiger partial charge in [0.1, 0.15) is 11.5 Å². The first-order valence-electron chi connectivity index (χ1n) is 8.04. The highest BCUT2D eigenvalue weighted by molar-refractivity contribution is 7.92. The van der Waals surface area contributed by atoms with Crippen LogP contribution >= 0.6 is 11.3 Å². The molecule has 0 spiro atoms. The van der Waals surface area contributed by atoms with E-state index in [-0.39, 0.29) is 0 Å². The lowest BCUT2D eigenvalue weighted by atomic mass is 10.3. The van der Waals surface area contributed by atoms with E-state index in [1.165, 1.54) is 16.2 Å². The van der Waals surface area contributed by atoms with Gasteiger partial charge in [-0.1, -0.05) is 23.5 Å². The molecule has 2 amide bonds. The molecule has 140 valence electrons. The van der Waals surface area contributed by atoms with Crippen molar-refractivity contribution in [2.75, 3.05) is 37.8 Å². The van der Waals surface area contributed by atoms with Crippen molar-refractivity contribution in [1.82, 2.24) is 9.47 Å². The Balaban J connectivity index is 1.71. The number of rotatable bonds is 4. The van der Waals surface area contributed by atoms with Gasteiger partial charge in [0.15, 0.2) is 14.6 Å². The van der Waals surface area contributed by atoms with Gasteiger partial charge in [0, 0.05) is 20.1 Å². The lowest BCUT2D eigenvalue weighted by Crippen LogP contribution is -2.43. The van der Waals surface area contributed by atoms with Gasteiger partial charge < -0.3 is 14.2 Å². The summed E-state index contributed by atoms with van der Waals surface area (Å²) >= 11 is 1.31. The van der Waals surface area contributed by atoms with Gasteiger partial charge in [-0.25, -0.2) is 8.42 Å². The third-order valence-electron chi connectivity index (χ3n) is 3.99. The molecule has 1 aliphatic heterocycles. The molecule has 26 heavy (non-hydrogen) atoms. The van der Waals surface area contributed by atoms with Gasteiger partial charge in [0.05, 0.1) is 23.4 Å². The number of fused-ring (bicyclic) bond motifs is 1. The maximum atomic E-state index is 12.2. The number of aromatic nitrogens is 1. The summed E-state index contributed by atoms with van der Waals surface area (Å²) in [7, 11) is -2.11. The quantitative estimate of drug-likeness (QED) is 0.720. The number of carbonyl (C=O) groups is 2. The minimum atomic E-state index is -3.87. The van der Waals surface area contributed by atoms with Crippen molar-refractivity contribution in [3.63, 3.8) is 0 Å². The molecular weight excluding hydrogens is 378 g/mol. The van der Waals surface area contributed by atoms with Crippen LogP contribution in [0.3, 0.4) is 0 Å². The molecule has 0 N–H and O–H groups in total. The van der Waals surface area contributed by atoms with Crippen LogP contribution in [0.2, 0.25) is 0 Å². The van der Waals surface area contributed by atoms with Crippen molar-refractivity contribution < 1.29 is 22.7 Å². The van der Waals surface area contributed by atoms with Crippen molar-refractivity contribution in [2.24, 2.45) is 12.0 Å². The average Bonchev–Trinajstić information content (AvgIpc) is 2.91. The monoisotopic (exact) mass is 397 g/mol. The molecule has 1 aliphatic rings. The predicted octanol–water partition coefficient (Wildman–Crippen LogP) is -0.0593. The summed E-state index contributed by atoms with van der Waals surface area (Å²) in [5.74, 6) is -2.75. The molecule has 1 aromatic heterocycles. The smallest absolute Gasteiger partial charge is 0.263 e. The van der Waals surface area contributed by atoms with E-state index >= 15 is 0 Å². The topological polar surface area (TPSA) is 98.0 Å². The summed E-state index contributed by atoms with van der Waals surface area (Å²) in [6.45, 7) is 1.51. The Kier molecular flexibility index (Phi) is 5.54. The van der Waals surface area contributed by atoms with E-state index < -0.39 is 33.2 Å². The molecule has 1 aromatic carbocycles. The van der Waals surface area contributed by atoms with Gasteiger partial charge in [-0.2, -0.15) is 4.99 Å². The Morgan fingerprint density at radius 1 is 1.19 bits per heavy atom. The first-order valence-corrected chi connectivity index (χ1v) is 10.7. The SMILES string of the molecule is Cn1c(=NC(=O)CS(=O)(=O)CC(=O)N2CCOCC2)sc2ccccc21. The number of hydrogen-bond acceptors (Lipinski definition) is 6. The number of aryl methyl sites for hydroxylation is 1. The summed E-state index contributed by atoms with van der Waals surface area (Å²) in [5.41, 5.74) is 0.911. The van der Waals surface area contributed by atoms with Crippen LogP contribution in [0.5, 0.6) is 0 Å². The molecule has 1 fully saturated rings. The molecule has 10 heteroatoms. The minimum absolute atomic E-state index is 0.365. The largest absolute Gasteiger partial charge is 0.378 e. The molecule has 0 bridgehead atoms. The molecule has 0 radical (unpaired) electrons. The third kappa shape index (κ3) is 4.37. The lowest BCUT2D eigenvalue weighted by molar-refractivity contribution is -0.132. The number of nitrogens with zero attached hydrogens (tertiary/aromatic N) is 3. The molecule has 0 saturated carbocycles. The number of ether oxygens (including phenoxy) is 1. The maximum absolute atomic E-state index is 12.2. The van der Waals surface area contributed by atoms with Gasteiger partial charge >= 0.3 is 0 Å². The van der Waals surface area contributed by atoms with E-state index in [2.05, 4.69) is 4.99 Å². The number of para-hydroxylation sites is 1. The Bertz CT molecular complexity index is 1000. The van der Waals surface area contributed by atoms with Crippen LogP contribution in [0.25, 0.3) is 10.2 Å². The fourth-order valence-electron chi connectivity index (χ4n) is 2.66. The second-order valence-electron chi connectivity index (χ2n) is 5.94. The van der Waals surface area contributed by atoms with E-state index in [0.29, 0.717) is 31.1 Å². The third-order valence-corrected chi connectivity index (χ3v) is 6.47. The Morgan fingerprint density at radius 3 is 2.58 bits per heavy atom. The zero-order chi connectivity index (χ0) is 18.7. The molecule has 0 unspecified atom stereocenters. The number of morpholine rings is 1. The lowest BCUT2D eigenvalue weighted by Gasteiger charge is -2.26. The summed E-state index contributed by atoms with van der Waals surface area (Å²) in [6, 6.07) is 7.56. The van der Waals surface area contributed by atoms with E-state index in [4.69, 9.17) is 4.74 Å². The molecule has 3 rings (SSSR count). The van der Waals surface area contributed by atoms with Crippen LogP contribution in [0.4, 0.5) is 0 Å². The number of hydrogen-bond donors (Lipinski definition) is 0. The first kappa shape index (κ1) is 18.7. The molecule has 8 nitrogen and oxygen atoms in total. The summed E-state index contributed by atoms with van der Waals surface area (Å²) in [4.78, 5) is 30.0. The fraction of sp³-hybridized carbons (Fsp3) is 0.438. The number of benzene rings is 1. The van der Waals surface area contributed by atoms with Crippen LogP contribution in [-0.4, -0.2) is 67.5 Å². The Labute approximate surface area is 154 Å². The molecule has 1 saturated heterocycles. The second-order valence-corrected chi connectivity index (χ2v) is 9.02. The van der Waals surface area contributed by atoms with Crippen molar-refractivity contribution in [2.45, 2.75) is 0 Å². The van der Waals surface area contributed by atoms with E-state index in [1.807, 2.05) is 24.3 Å². The second kappa shape index (κ2) is 7.68. The number of thiazole rings is 1.